The Morgan fingerprint density at radius 1 is 1.78 bits per heavy atom. The first-order valence-corrected chi connectivity index (χ1v) is 3.15. The van der Waals surface area contributed by atoms with E-state index < -0.39 is 0 Å². The zero-order chi connectivity index (χ0) is 6.69. The van der Waals surface area contributed by atoms with Gasteiger partial charge in [-0.15, -0.1) is 0 Å². The second-order valence-electron chi connectivity index (χ2n) is 2.27. The fourth-order valence-corrected chi connectivity index (χ4v) is 1.16. The van der Waals surface area contributed by atoms with Crippen molar-refractivity contribution in [3.05, 3.63) is 0 Å². The van der Waals surface area contributed by atoms with Crippen LogP contribution in [0, 0.1) is 11.5 Å². The zero-order valence-corrected chi connectivity index (χ0v) is 5.25. The second-order valence-corrected chi connectivity index (χ2v) is 2.27. The number of aliphatic hydroxyl groups is 1. The summed E-state index contributed by atoms with van der Waals surface area (Å²) in [6, 6.07) is 0.106. The van der Waals surface area contributed by atoms with Gasteiger partial charge in [-0.3, -0.25) is 0 Å². The molecule has 0 radical (unpaired) electrons. The Hall–Kier alpha value is -0.750. The van der Waals surface area contributed by atoms with Crippen LogP contribution in [0.3, 0.4) is 0 Å². The van der Waals surface area contributed by atoms with E-state index in [1.165, 1.54) is 0 Å². The van der Waals surface area contributed by atoms with Crippen molar-refractivity contribution in [2.24, 2.45) is 0 Å². The number of rotatable bonds is 1. The summed E-state index contributed by atoms with van der Waals surface area (Å²) in [6.07, 6.45) is 4.04. The fraction of sp³-hybridized carbons (Fsp3) is 0.833. The molecule has 0 aromatic heterocycles. The molecule has 1 atom stereocenters. The van der Waals surface area contributed by atoms with E-state index in [1.54, 1.807) is 4.90 Å². The van der Waals surface area contributed by atoms with Crippen molar-refractivity contribution >= 4 is 0 Å². The summed E-state index contributed by atoms with van der Waals surface area (Å²) in [6.45, 7) is 0.940. The van der Waals surface area contributed by atoms with E-state index in [0.29, 0.717) is 0 Å². The molecule has 0 aromatic rings. The third kappa shape index (κ3) is 1.14. The number of nitrogens with zero attached hydrogens (tertiary/aromatic N) is 2. The molecule has 0 spiro atoms. The normalized spacial score (nSPS) is 26.2. The molecule has 0 bridgehead atoms. The van der Waals surface area contributed by atoms with Gasteiger partial charge in [0.25, 0.3) is 0 Å². The summed E-state index contributed by atoms with van der Waals surface area (Å²) in [5.41, 5.74) is 0. The molecule has 1 saturated heterocycles. The molecular formula is C6H10N2O. The van der Waals surface area contributed by atoms with Gasteiger partial charge < -0.3 is 10.0 Å². The van der Waals surface area contributed by atoms with Crippen LogP contribution in [0.5, 0.6) is 0 Å². The summed E-state index contributed by atoms with van der Waals surface area (Å²) < 4.78 is 0. The lowest BCUT2D eigenvalue weighted by Crippen LogP contribution is -2.27. The number of aliphatic hydroxyl groups excluding tert-OH is 1. The summed E-state index contributed by atoms with van der Waals surface area (Å²) in [5.74, 6) is 0. The standard InChI is InChI=1S/C6H10N2O/c7-5-8-3-1-2-6(8)4-9/h6,9H,1-4H2. The molecule has 1 fully saturated rings. The second kappa shape index (κ2) is 2.70. The molecule has 1 N–H and O–H groups in total. The Bertz CT molecular complexity index is 130. The van der Waals surface area contributed by atoms with Crippen molar-refractivity contribution in [2.75, 3.05) is 13.2 Å². The van der Waals surface area contributed by atoms with Crippen molar-refractivity contribution in [3.8, 4) is 6.19 Å². The molecule has 3 nitrogen and oxygen atoms in total. The van der Waals surface area contributed by atoms with Crippen molar-refractivity contribution in [1.29, 1.82) is 5.26 Å². The monoisotopic (exact) mass is 126 g/mol. The van der Waals surface area contributed by atoms with E-state index in [0.717, 1.165) is 19.4 Å². The average Bonchev–Trinajstić information content (AvgIpc) is 2.33. The molecule has 0 saturated carbocycles. The van der Waals surface area contributed by atoms with E-state index in [-0.39, 0.29) is 12.6 Å². The predicted molar refractivity (Wildman–Crippen MR) is 32.4 cm³/mol. The molecule has 1 rings (SSSR count). The topological polar surface area (TPSA) is 47.3 Å². The molecule has 1 aliphatic rings. The average molecular weight is 126 g/mol. The lowest BCUT2D eigenvalue weighted by atomic mass is 10.2. The molecule has 0 amide bonds. The highest BCUT2D eigenvalue weighted by Crippen LogP contribution is 2.14. The highest BCUT2D eigenvalue weighted by atomic mass is 16.3. The Balaban J connectivity index is 2.44. The molecule has 50 valence electrons. The van der Waals surface area contributed by atoms with E-state index in [2.05, 4.69) is 0 Å². The van der Waals surface area contributed by atoms with Crippen LogP contribution >= 0.6 is 0 Å². The van der Waals surface area contributed by atoms with Gasteiger partial charge in [0.05, 0.1) is 12.6 Å². The molecule has 3 heteroatoms. The van der Waals surface area contributed by atoms with Crippen molar-refractivity contribution < 1.29 is 5.11 Å². The summed E-state index contributed by atoms with van der Waals surface area (Å²) >= 11 is 0. The van der Waals surface area contributed by atoms with Gasteiger partial charge in [-0.2, -0.15) is 5.26 Å². The minimum absolute atomic E-state index is 0.106. The Morgan fingerprint density at radius 2 is 2.56 bits per heavy atom. The van der Waals surface area contributed by atoms with Crippen molar-refractivity contribution in [1.82, 2.24) is 4.90 Å². The third-order valence-electron chi connectivity index (χ3n) is 1.72. The van der Waals surface area contributed by atoms with Gasteiger partial charge in [-0.25, -0.2) is 0 Å². The molecule has 0 aromatic carbocycles. The maximum Gasteiger partial charge on any atom is 0.179 e. The lowest BCUT2D eigenvalue weighted by molar-refractivity contribution is 0.201. The lowest BCUT2D eigenvalue weighted by Gasteiger charge is -2.14. The van der Waals surface area contributed by atoms with Crippen LogP contribution in [0.4, 0.5) is 0 Å². The summed E-state index contributed by atoms with van der Waals surface area (Å²) in [5, 5.41) is 17.1. The van der Waals surface area contributed by atoms with E-state index in [9.17, 15) is 0 Å². The van der Waals surface area contributed by atoms with Crippen LogP contribution in [0.15, 0.2) is 0 Å². The molecule has 9 heavy (non-hydrogen) atoms. The third-order valence-corrected chi connectivity index (χ3v) is 1.72. The van der Waals surface area contributed by atoms with Gasteiger partial charge in [0.15, 0.2) is 6.19 Å². The van der Waals surface area contributed by atoms with Crippen LogP contribution in [0.25, 0.3) is 0 Å². The SMILES string of the molecule is N#CN1CCCC1CO. The van der Waals surface area contributed by atoms with Gasteiger partial charge in [-0.1, -0.05) is 0 Å². The molecule has 1 aliphatic heterocycles. The fourth-order valence-electron chi connectivity index (χ4n) is 1.16. The largest absolute Gasteiger partial charge is 0.394 e. The maximum absolute atomic E-state index is 8.67. The van der Waals surface area contributed by atoms with E-state index in [1.807, 2.05) is 6.19 Å². The first kappa shape index (κ1) is 6.37. The quantitative estimate of drug-likeness (QED) is 0.500. The number of likely N-dealkylation sites (tertiary alicyclic amines) is 1. The first-order chi connectivity index (χ1) is 4.38. The van der Waals surface area contributed by atoms with Crippen molar-refractivity contribution in [2.45, 2.75) is 18.9 Å². The van der Waals surface area contributed by atoms with Crippen LogP contribution in [-0.2, 0) is 0 Å². The number of hydrogen-bond acceptors (Lipinski definition) is 3. The Morgan fingerprint density at radius 3 is 3.00 bits per heavy atom. The first-order valence-electron chi connectivity index (χ1n) is 3.15. The van der Waals surface area contributed by atoms with Crippen LogP contribution in [0.1, 0.15) is 12.8 Å². The molecule has 1 unspecified atom stereocenters. The maximum atomic E-state index is 8.67. The molecular weight excluding hydrogens is 116 g/mol. The predicted octanol–water partition coefficient (Wildman–Crippen LogP) is -0.0758. The minimum Gasteiger partial charge on any atom is -0.394 e. The highest BCUT2D eigenvalue weighted by Gasteiger charge is 2.21. The van der Waals surface area contributed by atoms with Gasteiger partial charge in [-0.05, 0) is 12.8 Å². The number of nitriles is 1. The van der Waals surface area contributed by atoms with E-state index >= 15 is 0 Å². The van der Waals surface area contributed by atoms with Gasteiger partial charge >= 0.3 is 0 Å². The van der Waals surface area contributed by atoms with Crippen LogP contribution < -0.4 is 0 Å². The molecule has 0 aliphatic carbocycles. The Kier molecular flexibility index (Phi) is 1.91. The zero-order valence-electron chi connectivity index (χ0n) is 5.25. The van der Waals surface area contributed by atoms with Gasteiger partial charge in [0.2, 0.25) is 0 Å². The Labute approximate surface area is 54.5 Å². The van der Waals surface area contributed by atoms with E-state index in [4.69, 9.17) is 10.4 Å². The van der Waals surface area contributed by atoms with Gasteiger partial charge in [0.1, 0.15) is 0 Å². The summed E-state index contributed by atoms with van der Waals surface area (Å²) in [4.78, 5) is 1.64. The number of hydrogen-bond donors (Lipinski definition) is 1. The highest BCUT2D eigenvalue weighted by molar-refractivity contribution is 4.87. The minimum atomic E-state index is 0.106. The van der Waals surface area contributed by atoms with Crippen LogP contribution in [0.2, 0.25) is 0 Å². The molecule has 1 heterocycles. The van der Waals surface area contributed by atoms with Crippen LogP contribution in [-0.4, -0.2) is 29.2 Å². The summed E-state index contributed by atoms with van der Waals surface area (Å²) in [7, 11) is 0. The smallest absolute Gasteiger partial charge is 0.179 e. The van der Waals surface area contributed by atoms with Gasteiger partial charge in [0, 0.05) is 6.54 Å². The van der Waals surface area contributed by atoms with Crippen molar-refractivity contribution in [3.63, 3.8) is 0 Å².